The summed E-state index contributed by atoms with van der Waals surface area (Å²) in [6.45, 7) is 0. The monoisotopic (exact) mass is 832 g/mol. The Kier molecular flexibility index (Phi) is 10.5. The van der Waals surface area contributed by atoms with Crippen molar-refractivity contribution in [2.24, 2.45) is 0 Å². The van der Waals surface area contributed by atoms with E-state index in [2.05, 4.69) is 15.4 Å². The number of amides is 2. The Bertz CT molecular complexity index is 2930. The standard InChI is InChI=1S/C36H22F6N4O9S2/c1-55-35(49)25-15-27(38)31(42)33(29(25)40)46-57(53,54)23-9-5-17-11-21(7-3-19(17)13-23)44-36(50)43-20-6-2-18-12-22(8-4-16(18)10-20)56(51,52)45-32-28(39)24(34(47)48)14-26(37)30(32)41/h2-15,45-46H,1H3,(H,47,48)(H2,43,44,50). The molecule has 57 heavy (non-hydrogen) atoms. The van der Waals surface area contributed by atoms with Gasteiger partial charge in [-0.05, 0) is 82.2 Å². The van der Waals surface area contributed by atoms with Crippen LogP contribution < -0.4 is 20.1 Å². The molecular formula is C36H22F6N4O9S2. The average molecular weight is 833 g/mol. The number of nitrogens with one attached hydrogen (secondary N) is 4. The Morgan fingerprint density at radius 3 is 1.35 bits per heavy atom. The van der Waals surface area contributed by atoms with E-state index >= 15 is 0 Å². The molecule has 5 N–H and O–H groups in total. The van der Waals surface area contributed by atoms with Crippen molar-refractivity contribution in [3.63, 3.8) is 0 Å². The van der Waals surface area contributed by atoms with E-state index in [1.54, 1.807) is 9.44 Å². The van der Waals surface area contributed by atoms with Gasteiger partial charge in [-0.25, -0.2) is 57.6 Å². The molecule has 0 saturated heterocycles. The van der Waals surface area contributed by atoms with Crippen LogP contribution in [0.5, 0.6) is 0 Å². The van der Waals surface area contributed by atoms with Gasteiger partial charge in [0.2, 0.25) is 0 Å². The minimum atomic E-state index is -4.78. The zero-order valence-electron chi connectivity index (χ0n) is 28.4. The fourth-order valence-corrected chi connectivity index (χ4v) is 7.61. The van der Waals surface area contributed by atoms with Crippen LogP contribution in [-0.2, 0) is 24.8 Å². The summed E-state index contributed by atoms with van der Waals surface area (Å²) in [5, 5.41) is 15.5. The van der Waals surface area contributed by atoms with Crippen LogP contribution in [0.15, 0.2) is 94.7 Å². The number of rotatable bonds is 10. The zero-order chi connectivity index (χ0) is 41.6. The molecule has 0 unspecified atom stereocenters. The summed E-state index contributed by atoms with van der Waals surface area (Å²) in [6.07, 6.45) is 0. The number of benzene rings is 6. The molecule has 0 aliphatic heterocycles. The van der Waals surface area contributed by atoms with Gasteiger partial charge in [-0.1, -0.05) is 24.3 Å². The quantitative estimate of drug-likeness (QED) is 0.0526. The number of urea groups is 1. The van der Waals surface area contributed by atoms with Crippen LogP contribution in [0.3, 0.4) is 0 Å². The fourth-order valence-electron chi connectivity index (χ4n) is 5.42. The highest BCUT2D eigenvalue weighted by molar-refractivity contribution is 7.93. The summed E-state index contributed by atoms with van der Waals surface area (Å²) >= 11 is 0. The van der Waals surface area contributed by atoms with Gasteiger partial charge in [0.15, 0.2) is 34.9 Å². The summed E-state index contributed by atoms with van der Waals surface area (Å²) in [7, 11) is -8.66. The van der Waals surface area contributed by atoms with E-state index in [4.69, 9.17) is 5.11 Å². The number of carbonyl (C=O) groups is 3. The van der Waals surface area contributed by atoms with Crippen LogP contribution in [-0.4, -0.2) is 47.0 Å². The minimum absolute atomic E-state index is 0.0715. The Hall–Kier alpha value is -6.87. The molecule has 6 rings (SSSR count). The molecule has 0 radical (unpaired) electrons. The largest absolute Gasteiger partial charge is 0.478 e. The second-order valence-electron chi connectivity index (χ2n) is 11.9. The minimum Gasteiger partial charge on any atom is -0.478 e. The number of methoxy groups -OCH3 is 1. The van der Waals surface area contributed by atoms with E-state index in [9.17, 15) is 57.6 Å². The van der Waals surface area contributed by atoms with Crippen molar-refractivity contribution in [2.45, 2.75) is 9.79 Å². The van der Waals surface area contributed by atoms with Gasteiger partial charge in [-0.3, -0.25) is 9.44 Å². The topological polar surface area (TPSA) is 197 Å². The van der Waals surface area contributed by atoms with Crippen molar-refractivity contribution < 1.29 is 67.4 Å². The van der Waals surface area contributed by atoms with Crippen molar-refractivity contribution in [3.05, 3.63) is 131 Å². The molecule has 0 spiro atoms. The van der Waals surface area contributed by atoms with E-state index < -0.39 is 105 Å². The van der Waals surface area contributed by atoms with Gasteiger partial charge in [0.25, 0.3) is 20.0 Å². The molecule has 294 valence electrons. The van der Waals surface area contributed by atoms with Gasteiger partial charge in [0.1, 0.15) is 22.5 Å². The van der Waals surface area contributed by atoms with Crippen molar-refractivity contribution in [3.8, 4) is 0 Å². The van der Waals surface area contributed by atoms with Gasteiger partial charge < -0.3 is 20.5 Å². The summed E-state index contributed by atoms with van der Waals surface area (Å²) in [4.78, 5) is 34.8. The summed E-state index contributed by atoms with van der Waals surface area (Å²) < 4.78 is 146. The van der Waals surface area contributed by atoms with Crippen LogP contribution in [0.2, 0.25) is 0 Å². The predicted molar refractivity (Wildman–Crippen MR) is 193 cm³/mol. The number of hydrogen-bond acceptors (Lipinski definition) is 8. The number of carboxylic acids is 1. The van der Waals surface area contributed by atoms with E-state index in [1.807, 2.05) is 0 Å². The number of hydrogen-bond donors (Lipinski definition) is 5. The van der Waals surface area contributed by atoms with Crippen molar-refractivity contribution in [2.75, 3.05) is 27.2 Å². The first-order valence-corrected chi connectivity index (χ1v) is 18.6. The van der Waals surface area contributed by atoms with Gasteiger partial charge >= 0.3 is 18.0 Å². The maximum Gasteiger partial charge on any atom is 0.341 e. The summed E-state index contributed by atoms with van der Waals surface area (Å²) in [5.41, 5.74) is -4.84. The first kappa shape index (κ1) is 39.8. The zero-order valence-corrected chi connectivity index (χ0v) is 30.0. The highest BCUT2D eigenvalue weighted by atomic mass is 32.2. The smallest absolute Gasteiger partial charge is 0.341 e. The molecule has 0 aliphatic rings. The van der Waals surface area contributed by atoms with Crippen molar-refractivity contribution in [1.82, 2.24) is 0 Å². The van der Waals surface area contributed by atoms with Crippen molar-refractivity contribution >= 4 is 82.3 Å². The highest BCUT2D eigenvalue weighted by Gasteiger charge is 2.29. The molecule has 0 atom stereocenters. The first-order valence-electron chi connectivity index (χ1n) is 15.7. The molecule has 6 aromatic rings. The van der Waals surface area contributed by atoms with Crippen LogP contribution in [0.1, 0.15) is 20.7 Å². The molecule has 2 amide bonds. The number of carboxylic acid groups (broad SMARTS) is 1. The van der Waals surface area contributed by atoms with Crippen LogP contribution in [0.25, 0.3) is 21.5 Å². The molecule has 0 aliphatic carbocycles. The number of esters is 1. The first-order chi connectivity index (χ1) is 26.8. The van der Waals surface area contributed by atoms with Crippen LogP contribution >= 0.6 is 0 Å². The Morgan fingerprint density at radius 2 is 0.930 bits per heavy atom. The second-order valence-corrected chi connectivity index (χ2v) is 15.2. The van der Waals surface area contributed by atoms with Gasteiger partial charge in [0, 0.05) is 11.4 Å². The number of ether oxygens (including phenoxy) is 1. The maximum atomic E-state index is 14.8. The third kappa shape index (κ3) is 7.95. The van der Waals surface area contributed by atoms with Crippen LogP contribution in [0, 0.1) is 34.9 Å². The summed E-state index contributed by atoms with van der Waals surface area (Å²) in [6, 6.07) is 15.1. The predicted octanol–water partition coefficient (Wildman–Crippen LogP) is 7.56. The Balaban J connectivity index is 1.15. The summed E-state index contributed by atoms with van der Waals surface area (Å²) in [5.74, 6) is -14.2. The molecule has 21 heteroatoms. The van der Waals surface area contributed by atoms with Gasteiger partial charge in [-0.2, -0.15) is 0 Å². The highest BCUT2D eigenvalue weighted by Crippen LogP contribution is 2.31. The lowest BCUT2D eigenvalue weighted by Crippen LogP contribution is -2.19. The number of sulfonamides is 2. The molecule has 0 fully saturated rings. The number of aromatic carboxylic acids is 1. The number of halogens is 6. The molecular weight excluding hydrogens is 811 g/mol. The van der Waals surface area contributed by atoms with E-state index in [0.717, 1.165) is 31.4 Å². The number of fused-ring (bicyclic) bond motifs is 2. The van der Waals surface area contributed by atoms with Crippen molar-refractivity contribution in [1.29, 1.82) is 0 Å². The number of anilines is 4. The normalized spacial score (nSPS) is 11.6. The van der Waals surface area contributed by atoms with E-state index in [-0.39, 0.29) is 28.9 Å². The lowest BCUT2D eigenvalue weighted by molar-refractivity contribution is 0.0593. The molecule has 0 aromatic heterocycles. The number of carbonyl (C=O) groups excluding carboxylic acids is 2. The lowest BCUT2D eigenvalue weighted by Gasteiger charge is -2.13. The molecule has 13 nitrogen and oxygen atoms in total. The fraction of sp³-hybridized carbons (Fsp3) is 0.0278. The van der Waals surface area contributed by atoms with E-state index in [0.29, 0.717) is 16.2 Å². The van der Waals surface area contributed by atoms with Gasteiger partial charge in [0.05, 0.1) is 16.9 Å². The second kappa shape index (κ2) is 15.0. The molecule has 0 heterocycles. The maximum absolute atomic E-state index is 14.8. The lowest BCUT2D eigenvalue weighted by atomic mass is 10.1. The molecule has 0 saturated carbocycles. The SMILES string of the molecule is COC(=O)c1cc(F)c(F)c(NS(=O)(=O)c2ccc3cc(NC(=O)Nc4ccc5cc(S(=O)(=O)Nc6c(F)c(F)cc(C(=O)O)c6F)ccc5c4)ccc3c2)c1F. The molecule has 6 aromatic carbocycles. The molecule has 0 bridgehead atoms. The average Bonchev–Trinajstić information content (AvgIpc) is 3.16. The Morgan fingerprint density at radius 1 is 0.544 bits per heavy atom. The third-order valence-electron chi connectivity index (χ3n) is 8.18. The Labute approximate surface area is 317 Å². The third-order valence-corrected chi connectivity index (χ3v) is 10.9. The van der Waals surface area contributed by atoms with E-state index in [1.165, 1.54) is 48.5 Å². The van der Waals surface area contributed by atoms with Gasteiger partial charge in [-0.15, -0.1) is 0 Å². The van der Waals surface area contributed by atoms with Crippen LogP contribution in [0.4, 0.5) is 53.9 Å².